The van der Waals surface area contributed by atoms with Crippen LogP contribution in [0.3, 0.4) is 0 Å². The van der Waals surface area contributed by atoms with E-state index in [1.807, 2.05) is 6.92 Å². The molecule has 1 heterocycles. The van der Waals surface area contributed by atoms with E-state index in [9.17, 15) is 9.59 Å². The summed E-state index contributed by atoms with van der Waals surface area (Å²) in [5.74, 6) is 4.24. The van der Waals surface area contributed by atoms with Gasteiger partial charge in [-0.1, -0.05) is 12.0 Å². The van der Waals surface area contributed by atoms with Gasteiger partial charge in [0.05, 0.1) is 11.8 Å². The smallest absolute Gasteiger partial charge is 0.335 e. The third-order valence-electron chi connectivity index (χ3n) is 3.02. The fraction of sp³-hybridized carbons (Fsp3) is 0.133. The van der Waals surface area contributed by atoms with E-state index in [2.05, 4.69) is 16.8 Å². The fourth-order valence-electron chi connectivity index (χ4n) is 1.78. The highest BCUT2D eigenvalue weighted by Crippen LogP contribution is 2.10. The van der Waals surface area contributed by atoms with Crippen molar-refractivity contribution in [3.05, 3.63) is 52.6 Å². The van der Waals surface area contributed by atoms with Crippen LogP contribution >= 0.6 is 0 Å². The predicted octanol–water partition coefficient (Wildman–Crippen LogP) is 0.925. The number of primary amides is 1. The number of aromatic nitrogens is 2. The van der Waals surface area contributed by atoms with Gasteiger partial charge in [0.2, 0.25) is 0 Å². The second kappa shape index (κ2) is 5.51. The third-order valence-corrected chi connectivity index (χ3v) is 3.02. The van der Waals surface area contributed by atoms with E-state index in [1.165, 1.54) is 22.9 Å². The molecule has 6 nitrogen and oxygen atoms in total. The summed E-state index contributed by atoms with van der Waals surface area (Å²) in [6.45, 7) is 1.84. The average molecular weight is 283 g/mol. The van der Waals surface area contributed by atoms with Gasteiger partial charge < -0.3 is 15.4 Å². The lowest BCUT2D eigenvalue weighted by Crippen LogP contribution is -2.17. The first-order valence-electron chi connectivity index (χ1n) is 6.07. The molecular formula is C15H13N3O3. The number of nitrogens with two attached hydrogens (primary N) is 1. The van der Waals surface area contributed by atoms with E-state index in [0.717, 1.165) is 5.56 Å². The highest BCUT2D eigenvalue weighted by Gasteiger charge is 2.09. The van der Waals surface area contributed by atoms with Gasteiger partial charge in [0.1, 0.15) is 5.69 Å². The molecule has 0 unspecified atom stereocenters. The maximum absolute atomic E-state index is 11.1. The van der Waals surface area contributed by atoms with E-state index in [-0.39, 0.29) is 11.4 Å². The van der Waals surface area contributed by atoms with Crippen LogP contribution < -0.4 is 5.73 Å². The maximum atomic E-state index is 11.1. The summed E-state index contributed by atoms with van der Waals surface area (Å²) in [5.41, 5.74) is 7.34. The van der Waals surface area contributed by atoms with Crippen molar-refractivity contribution in [3.8, 4) is 11.8 Å². The maximum Gasteiger partial charge on any atom is 0.335 e. The average Bonchev–Trinajstić information content (AvgIpc) is 2.79. The van der Waals surface area contributed by atoms with Gasteiger partial charge in [0.15, 0.2) is 5.82 Å². The molecule has 0 spiro atoms. The molecule has 106 valence electrons. The monoisotopic (exact) mass is 283 g/mol. The summed E-state index contributed by atoms with van der Waals surface area (Å²) < 4.78 is 1.49. The molecule has 6 heteroatoms. The van der Waals surface area contributed by atoms with Crippen molar-refractivity contribution in [2.24, 2.45) is 12.8 Å². The third kappa shape index (κ3) is 2.92. The Hall–Kier alpha value is -3.07. The number of hydrogen-bond donors (Lipinski definition) is 2. The van der Waals surface area contributed by atoms with Crippen LogP contribution in [0.25, 0.3) is 0 Å². The number of rotatable bonds is 2. The van der Waals surface area contributed by atoms with Gasteiger partial charge in [0, 0.05) is 12.6 Å². The number of imidazole rings is 1. The van der Waals surface area contributed by atoms with Crippen molar-refractivity contribution in [3.63, 3.8) is 0 Å². The molecule has 0 radical (unpaired) electrons. The van der Waals surface area contributed by atoms with E-state index in [0.29, 0.717) is 11.3 Å². The quantitative estimate of drug-likeness (QED) is 0.801. The first-order chi connectivity index (χ1) is 9.90. The zero-order chi connectivity index (χ0) is 15.6. The SMILES string of the molecule is Cc1ccc(C(=O)O)cc1C#Cc1cnc(C(N)=O)n1C. The standard InChI is InChI=1S/C15H13N3O3/c1-9-3-4-11(15(20)21)7-10(9)5-6-12-8-17-14(13(16)19)18(12)2/h3-4,7-8H,1-2H3,(H2,16,19)(H,20,21). The van der Waals surface area contributed by atoms with Crippen LogP contribution in [0.4, 0.5) is 0 Å². The van der Waals surface area contributed by atoms with Gasteiger partial charge in [-0.15, -0.1) is 0 Å². The highest BCUT2D eigenvalue weighted by molar-refractivity contribution is 5.89. The first-order valence-corrected chi connectivity index (χ1v) is 6.07. The Labute approximate surface area is 121 Å². The number of carboxylic acids is 1. The Bertz CT molecular complexity index is 794. The van der Waals surface area contributed by atoms with Gasteiger partial charge >= 0.3 is 5.97 Å². The normalized spacial score (nSPS) is 9.81. The summed E-state index contributed by atoms with van der Waals surface area (Å²) in [6.07, 6.45) is 1.45. The number of amides is 1. The number of carbonyl (C=O) groups is 2. The molecular weight excluding hydrogens is 270 g/mol. The summed E-state index contributed by atoms with van der Waals surface area (Å²) in [4.78, 5) is 26.0. The molecule has 0 bridgehead atoms. The van der Waals surface area contributed by atoms with Gasteiger partial charge in [-0.25, -0.2) is 9.78 Å². The molecule has 21 heavy (non-hydrogen) atoms. The molecule has 0 aliphatic heterocycles. The van der Waals surface area contributed by atoms with Crippen molar-refractivity contribution in [2.45, 2.75) is 6.92 Å². The van der Waals surface area contributed by atoms with Gasteiger partial charge in [-0.2, -0.15) is 0 Å². The predicted molar refractivity (Wildman–Crippen MR) is 75.8 cm³/mol. The number of benzene rings is 1. The summed E-state index contributed by atoms with van der Waals surface area (Å²) >= 11 is 0. The van der Waals surface area contributed by atoms with Gasteiger partial charge in [-0.3, -0.25) is 4.79 Å². The number of carboxylic acid groups (broad SMARTS) is 1. The molecule has 1 amide bonds. The van der Waals surface area contributed by atoms with Gasteiger partial charge in [0.25, 0.3) is 5.91 Å². The lowest BCUT2D eigenvalue weighted by molar-refractivity contribution is 0.0696. The first kappa shape index (κ1) is 14.3. The Morgan fingerprint density at radius 3 is 2.62 bits per heavy atom. The topological polar surface area (TPSA) is 98.2 Å². The molecule has 0 aliphatic carbocycles. The lowest BCUT2D eigenvalue weighted by atomic mass is 10.1. The molecule has 2 rings (SSSR count). The summed E-state index contributed by atoms with van der Waals surface area (Å²) in [5, 5.41) is 8.98. The molecule has 0 saturated heterocycles. The minimum atomic E-state index is -1.01. The Balaban J connectivity index is 2.42. The van der Waals surface area contributed by atoms with Crippen molar-refractivity contribution in [1.29, 1.82) is 0 Å². The van der Waals surface area contributed by atoms with Crippen molar-refractivity contribution >= 4 is 11.9 Å². The Kier molecular flexibility index (Phi) is 3.76. The number of hydrogen-bond acceptors (Lipinski definition) is 3. The lowest BCUT2D eigenvalue weighted by Gasteiger charge is -2.00. The van der Waals surface area contributed by atoms with Crippen molar-refractivity contribution in [2.75, 3.05) is 0 Å². The van der Waals surface area contributed by atoms with Crippen LogP contribution in [0.1, 0.15) is 37.8 Å². The number of carbonyl (C=O) groups excluding carboxylic acids is 1. The molecule has 0 fully saturated rings. The van der Waals surface area contributed by atoms with E-state index in [1.54, 1.807) is 13.1 Å². The van der Waals surface area contributed by atoms with Crippen LogP contribution in [0.2, 0.25) is 0 Å². The van der Waals surface area contributed by atoms with Crippen LogP contribution in [0, 0.1) is 18.8 Å². The second-order valence-electron chi connectivity index (χ2n) is 4.48. The Morgan fingerprint density at radius 1 is 1.33 bits per heavy atom. The molecule has 1 aromatic heterocycles. The van der Waals surface area contributed by atoms with Gasteiger partial charge in [-0.05, 0) is 30.5 Å². The summed E-state index contributed by atoms with van der Waals surface area (Å²) in [6, 6.07) is 4.74. The van der Waals surface area contributed by atoms with E-state index in [4.69, 9.17) is 10.8 Å². The van der Waals surface area contributed by atoms with E-state index < -0.39 is 11.9 Å². The largest absolute Gasteiger partial charge is 0.478 e. The minimum absolute atomic E-state index is 0.121. The zero-order valence-corrected chi connectivity index (χ0v) is 11.5. The molecule has 0 aliphatic rings. The number of nitrogens with zero attached hydrogens (tertiary/aromatic N) is 2. The zero-order valence-electron chi connectivity index (χ0n) is 11.5. The number of aromatic carboxylic acids is 1. The molecule has 0 atom stereocenters. The van der Waals surface area contributed by atoms with Crippen molar-refractivity contribution in [1.82, 2.24) is 9.55 Å². The van der Waals surface area contributed by atoms with Crippen LogP contribution in [0.5, 0.6) is 0 Å². The highest BCUT2D eigenvalue weighted by atomic mass is 16.4. The van der Waals surface area contributed by atoms with E-state index >= 15 is 0 Å². The fourth-order valence-corrected chi connectivity index (χ4v) is 1.78. The van der Waals surface area contributed by atoms with Crippen molar-refractivity contribution < 1.29 is 14.7 Å². The minimum Gasteiger partial charge on any atom is -0.478 e. The second-order valence-corrected chi connectivity index (χ2v) is 4.48. The molecule has 0 saturated carbocycles. The van der Waals surface area contributed by atoms with Crippen LogP contribution in [-0.2, 0) is 7.05 Å². The van der Waals surface area contributed by atoms with Crippen LogP contribution in [0.15, 0.2) is 24.4 Å². The molecule has 2 aromatic rings. The molecule has 3 N–H and O–H groups in total. The van der Waals surface area contributed by atoms with Crippen LogP contribution in [-0.4, -0.2) is 26.5 Å². The summed E-state index contributed by atoms with van der Waals surface area (Å²) in [7, 11) is 1.64. The number of aryl methyl sites for hydroxylation is 1. The molecule has 1 aromatic carbocycles. The Morgan fingerprint density at radius 2 is 2.05 bits per heavy atom.